The van der Waals surface area contributed by atoms with E-state index in [-0.39, 0.29) is 30.2 Å². The summed E-state index contributed by atoms with van der Waals surface area (Å²) in [4.78, 5) is 43.4. The van der Waals surface area contributed by atoms with Crippen molar-refractivity contribution in [1.29, 1.82) is 0 Å². The highest BCUT2D eigenvalue weighted by Gasteiger charge is 2.42. The number of benzene rings is 3. The number of nitrogens with zero attached hydrogens (tertiary/aromatic N) is 2. The molecule has 178 valence electrons. The van der Waals surface area contributed by atoms with E-state index in [4.69, 9.17) is 0 Å². The number of fused-ring (bicyclic) bond motifs is 2. The Morgan fingerprint density at radius 2 is 1.69 bits per heavy atom. The zero-order chi connectivity index (χ0) is 24.4. The second-order valence-corrected chi connectivity index (χ2v) is 9.28. The van der Waals surface area contributed by atoms with Crippen LogP contribution in [0.2, 0.25) is 0 Å². The van der Waals surface area contributed by atoms with E-state index in [2.05, 4.69) is 24.4 Å². The first-order valence-electron chi connectivity index (χ1n) is 12.2. The van der Waals surface area contributed by atoms with E-state index >= 15 is 0 Å². The summed E-state index contributed by atoms with van der Waals surface area (Å²) in [5.41, 5.74) is 3.59. The molecule has 1 fully saturated rings. The van der Waals surface area contributed by atoms with Gasteiger partial charge in [-0.25, -0.2) is 0 Å². The number of carbonyl (C=O) groups excluding carboxylic acids is 3. The molecule has 1 saturated heterocycles. The van der Waals surface area contributed by atoms with Gasteiger partial charge in [-0.1, -0.05) is 67.6 Å². The van der Waals surface area contributed by atoms with E-state index in [9.17, 15) is 14.4 Å². The third kappa shape index (κ3) is 4.44. The summed E-state index contributed by atoms with van der Waals surface area (Å²) in [6.45, 7) is 3.41. The Bertz CT molecular complexity index is 1260. The molecule has 0 unspecified atom stereocenters. The molecule has 2 aliphatic heterocycles. The standard InChI is InChI=1S/C29H29N3O3/c1-20(21-10-3-2-4-11-21)18-30-27(33)23-13-6-5-12-22(23)19-32-25-15-8-7-14-24(25)28(34)31-17-9-16-26(31)29(32)35/h2-8,10-15,20,26H,9,16-19H2,1H3,(H,30,33)/t20-,26+/m0/s1. The molecule has 2 aliphatic rings. The predicted molar refractivity (Wildman–Crippen MR) is 135 cm³/mol. The van der Waals surface area contributed by atoms with Crippen LogP contribution in [-0.2, 0) is 11.3 Å². The first-order valence-corrected chi connectivity index (χ1v) is 12.2. The summed E-state index contributed by atoms with van der Waals surface area (Å²) in [5.74, 6) is -0.183. The maximum Gasteiger partial charge on any atom is 0.256 e. The van der Waals surface area contributed by atoms with Crippen molar-refractivity contribution in [2.45, 2.75) is 38.3 Å². The van der Waals surface area contributed by atoms with E-state index in [1.165, 1.54) is 5.56 Å². The molecule has 0 radical (unpaired) electrons. The van der Waals surface area contributed by atoms with Crippen molar-refractivity contribution in [3.05, 3.63) is 101 Å². The lowest BCUT2D eigenvalue weighted by molar-refractivity contribution is -0.122. The molecule has 3 aromatic rings. The van der Waals surface area contributed by atoms with Gasteiger partial charge in [0.05, 0.1) is 17.8 Å². The van der Waals surface area contributed by atoms with Crippen LogP contribution >= 0.6 is 0 Å². The number of nitrogens with one attached hydrogen (secondary N) is 1. The Labute approximate surface area is 205 Å². The van der Waals surface area contributed by atoms with Crippen LogP contribution in [0.5, 0.6) is 0 Å². The van der Waals surface area contributed by atoms with Gasteiger partial charge >= 0.3 is 0 Å². The second kappa shape index (κ2) is 9.74. The highest BCUT2D eigenvalue weighted by atomic mass is 16.2. The molecule has 0 aromatic heterocycles. The second-order valence-electron chi connectivity index (χ2n) is 9.28. The maximum atomic E-state index is 13.6. The molecular formula is C29H29N3O3. The largest absolute Gasteiger partial charge is 0.351 e. The lowest BCUT2D eigenvalue weighted by atomic mass is 10.0. The van der Waals surface area contributed by atoms with Gasteiger partial charge in [0.2, 0.25) is 5.91 Å². The van der Waals surface area contributed by atoms with Crippen LogP contribution in [-0.4, -0.2) is 41.8 Å². The van der Waals surface area contributed by atoms with Crippen LogP contribution in [0, 0.1) is 0 Å². The van der Waals surface area contributed by atoms with Gasteiger partial charge in [0.25, 0.3) is 11.8 Å². The molecule has 2 atom stereocenters. The zero-order valence-corrected chi connectivity index (χ0v) is 19.8. The SMILES string of the molecule is C[C@@H](CNC(=O)c1ccccc1CN1C(=O)[C@H]2CCCN2C(=O)c2ccccc21)c1ccccc1. The molecule has 3 aromatic carbocycles. The molecule has 35 heavy (non-hydrogen) atoms. The molecule has 6 nitrogen and oxygen atoms in total. The topological polar surface area (TPSA) is 69.7 Å². The molecule has 3 amide bonds. The summed E-state index contributed by atoms with van der Waals surface area (Å²) in [5, 5.41) is 3.06. The van der Waals surface area contributed by atoms with Gasteiger partial charge in [-0.05, 0) is 48.1 Å². The minimum absolute atomic E-state index is 0.0892. The fourth-order valence-electron chi connectivity index (χ4n) is 5.06. The summed E-state index contributed by atoms with van der Waals surface area (Å²) < 4.78 is 0. The van der Waals surface area contributed by atoms with E-state index in [1.807, 2.05) is 54.6 Å². The Hall–Kier alpha value is -3.93. The van der Waals surface area contributed by atoms with Crippen molar-refractivity contribution in [3.63, 3.8) is 0 Å². The predicted octanol–water partition coefficient (Wildman–Crippen LogP) is 4.37. The Balaban J connectivity index is 1.40. The van der Waals surface area contributed by atoms with Crippen LogP contribution in [0.3, 0.4) is 0 Å². The number of amides is 3. The highest BCUT2D eigenvalue weighted by molar-refractivity contribution is 6.11. The van der Waals surface area contributed by atoms with Crippen LogP contribution in [0.25, 0.3) is 0 Å². The highest BCUT2D eigenvalue weighted by Crippen LogP contribution is 2.33. The quantitative estimate of drug-likeness (QED) is 0.585. The average Bonchev–Trinajstić information content (AvgIpc) is 3.38. The summed E-state index contributed by atoms with van der Waals surface area (Å²) >= 11 is 0. The maximum absolute atomic E-state index is 13.6. The first-order chi connectivity index (χ1) is 17.0. The molecule has 0 spiro atoms. The molecule has 0 bridgehead atoms. The van der Waals surface area contributed by atoms with Gasteiger partial charge in [-0.15, -0.1) is 0 Å². The fourth-order valence-corrected chi connectivity index (χ4v) is 5.06. The number of rotatable bonds is 6. The van der Waals surface area contributed by atoms with Crippen molar-refractivity contribution >= 4 is 23.4 Å². The fraction of sp³-hybridized carbons (Fsp3) is 0.276. The normalized spacial score (nSPS) is 18.0. The van der Waals surface area contributed by atoms with Crippen molar-refractivity contribution in [1.82, 2.24) is 10.2 Å². The van der Waals surface area contributed by atoms with Gasteiger partial charge in [0.15, 0.2) is 0 Å². The molecule has 0 aliphatic carbocycles. The first kappa shape index (κ1) is 22.8. The van der Waals surface area contributed by atoms with Crippen molar-refractivity contribution < 1.29 is 14.4 Å². The van der Waals surface area contributed by atoms with Gasteiger partial charge in [0.1, 0.15) is 6.04 Å². The molecule has 0 saturated carbocycles. The Kier molecular flexibility index (Phi) is 6.36. The van der Waals surface area contributed by atoms with E-state index in [1.54, 1.807) is 21.9 Å². The minimum atomic E-state index is -0.456. The number of hydrogen-bond donors (Lipinski definition) is 1. The van der Waals surface area contributed by atoms with Crippen LogP contribution in [0.4, 0.5) is 5.69 Å². The van der Waals surface area contributed by atoms with Gasteiger partial charge in [-0.2, -0.15) is 0 Å². The van der Waals surface area contributed by atoms with Gasteiger partial charge in [-0.3, -0.25) is 14.4 Å². The molecule has 5 rings (SSSR count). The van der Waals surface area contributed by atoms with E-state index < -0.39 is 6.04 Å². The molecule has 2 heterocycles. The number of anilines is 1. The number of carbonyl (C=O) groups is 3. The monoisotopic (exact) mass is 467 g/mol. The Morgan fingerprint density at radius 1 is 0.971 bits per heavy atom. The number of para-hydroxylation sites is 1. The van der Waals surface area contributed by atoms with Gasteiger partial charge in [0, 0.05) is 18.7 Å². The third-order valence-corrected chi connectivity index (χ3v) is 7.02. The zero-order valence-electron chi connectivity index (χ0n) is 19.8. The van der Waals surface area contributed by atoms with Crippen LogP contribution in [0.1, 0.15) is 57.5 Å². The van der Waals surface area contributed by atoms with Crippen molar-refractivity contribution in [3.8, 4) is 0 Å². The van der Waals surface area contributed by atoms with Crippen LogP contribution in [0.15, 0.2) is 78.9 Å². The molecule has 6 heteroatoms. The molecular weight excluding hydrogens is 438 g/mol. The van der Waals surface area contributed by atoms with Crippen LogP contribution < -0.4 is 10.2 Å². The lowest BCUT2D eigenvalue weighted by Gasteiger charge is -2.26. The minimum Gasteiger partial charge on any atom is -0.351 e. The Morgan fingerprint density at radius 3 is 2.51 bits per heavy atom. The van der Waals surface area contributed by atoms with Crippen molar-refractivity contribution in [2.75, 3.05) is 18.0 Å². The summed E-state index contributed by atoms with van der Waals surface area (Å²) in [6.07, 6.45) is 1.48. The summed E-state index contributed by atoms with van der Waals surface area (Å²) in [6, 6.07) is 24.3. The number of hydrogen-bond acceptors (Lipinski definition) is 3. The third-order valence-electron chi connectivity index (χ3n) is 7.02. The average molecular weight is 468 g/mol. The van der Waals surface area contributed by atoms with E-state index in [0.717, 1.165) is 12.0 Å². The smallest absolute Gasteiger partial charge is 0.256 e. The lowest BCUT2D eigenvalue weighted by Crippen LogP contribution is -2.44. The summed E-state index contributed by atoms with van der Waals surface area (Å²) in [7, 11) is 0. The van der Waals surface area contributed by atoms with E-state index in [0.29, 0.717) is 36.3 Å². The molecule has 1 N–H and O–H groups in total. The van der Waals surface area contributed by atoms with Crippen molar-refractivity contribution in [2.24, 2.45) is 0 Å². The van der Waals surface area contributed by atoms with Gasteiger partial charge < -0.3 is 15.1 Å².